The fraction of sp³-hybridized carbons (Fsp3) is 0.333. The summed E-state index contributed by atoms with van der Waals surface area (Å²) in [5.74, 6) is -0.349. The highest BCUT2D eigenvalue weighted by atomic mass is 35.5. The first-order valence-corrected chi connectivity index (χ1v) is 12.6. The number of hydrogen-bond acceptors (Lipinski definition) is 6. The molecule has 7 nitrogen and oxygen atoms in total. The van der Waals surface area contributed by atoms with Gasteiger partial charge < -0.3 is 24.2 Å². The second kappa shape index (κ2) is 13.1. The van der Waals surface area contributed by atoms with Crippen LogP contribution in [0.5, 0.6) is 11.5 Å². The van der Waals surface area contributed by atoms with Crippen LogP contribution >= 0.6 is 23.2 Å². The molecule has 1 unspecified atom stereocenters. The van der Waals surface area contributed by atoms with Crippen molar-refractivity contribution in [3.8, 4) is 11.5 Å². The van der Waals surface area contributed by atoms with E-state index >= 15 is 0 Å². The Morgan fingerprint density at radius 1 is 1.05 bits per heavy atom. The lowest BCUT2D eigenvalue weighted by Gasteiger charge is -2.21. The van der Waals surface area contributed by atoms with Crippen LogP contribution in [0.2, 0.25) is 10.0 Å². The van der Waals surface area contributed by atoms with Gasteiger partial charge in [-0.25, -0.2) is 4.79 Å². The summed E-state index contributed by atoms with van der Waals surface area (Å²) in [6.07, 6.45) is 3.31. The van der Waals surface area contributed by atoms with Crippen molar-refractivity contribution >= 4 is 29.2 Å². The molecular weight excluding hydrogens is 543 g/mol. The summed E-state index contributed by atoms with van der Waals surface area (Å²) in [4.78, 5) is 12.7. The molecule has 4 rings (SSSR count). The third-order valence-electron chi connectivity index (χ3n) is 5.78. The molecule has 0 aliphatic heterocycles. The molecule has 0 amide bonds. The molecule has 1 atom stereocenters. The Kier molecular flexibility index (Phi) is 9.60. The summed E-state index contributed by atoms with van der Waals surface area (Å²) in [6.45, 7) is -2.82. The van der Waals surface area contributed by atoms with Gasteiger partial charge in [0.05, 0.1) is 13.2 Å². The van der Waals surface area contributed by atoms with E-state index in [-0.39, 0.29) is 41.2 Å². The van der Waals surface area contributed by atoms with E-state index in [0.717, 1.165) is 30.8 Å². The minimum atomic E-state index is -3.04. The van der Waals surface area contributed by atoms with E-state index in [4.69, 9.17) is 37.4 Å². The largest absolute Gasteiger partial charge is 0.619 e. The molecule has 0 saturated heterocycles. The van der Waals surface area contributed by atoms with E-state index in [1.54, 1.807) is 0 Å². The first-order valence-electron chi connectivity index (χ1n) is 11.9. The molecule has 0 spiro atoms. The van der Waals surface area contributed by atoms with Gasteiger partial charge in [0.1, 0.15) is 22.8 Å². The van der Waals surface area contributed by atoms with Crippen LogP contribution in [0.25, 0.3) is 0 Å². The molecule has 1 aliphatic carbocycles. The van der Waals surface area contributed by atoms with Crippen molar-refractivity contribution in [1.82, 2.24) is 0 Å². The second-order valence-corrected chi connectivity index (χ2v) is 9.61. The molecule has 1 heterocycles. The Labute approximate surface area is 228 Å². The summed E-state index contributed by atoms with van der Waals surface area (Å²) >= 11 is 12.5. The SMILES string of the molecule is O=C(COCc1ccccc1)OC(Cc1c(Cl)c[n+]([O-])cc1Cl)c1ccc(OC(F)F)c(OCC2CC2)c1. The first-order chi connectivity index (χ1) is 18.3. The number of esters is 1. The van der Waals surface area contributed by atoms with Crippen molar-refractivity contribution < 1.29 is 37.3 Å². The highest BCUT2D eigenvalue weighted by molar-refractivity contribution is 6.35. The minimum Gasteiger partial charge on any atom is -0.619 e. The number of hydrogen-bond donors (Lipinski definition) is 0. The molecule has 0 radical (unpaired) electrons. The number of halogens is 4. The van der Waals surface area contributed by atoms with Crippen molar-refractivity contribution in [2.45, 2.75) is 38.6 Å². The molecule has 0 N–H and O–H groups in total. The van der Waals surface area contributed by atoms with Crippen molar-refractivity contribution in [3.63, 3.8) is 0 Å². The average molecular weight is 568 g/mol. The molecule has 1 aliphatic rings. The van der Waals surface area contributed by atoms with Gasteiger partial charge in [-0.2, -0.15) is 13.5 Å². The minimum absolute atomic E-state index is 0.0000476. The number of ether oxygens (including phenoxy) is 4. The molecule has 202 valence electrons. The van der Waals surface area contributed by atoms with E-state index in [0.29, 0.717) is 28.4 Å². The number of pyridine rings is 1. The molecule has 38 heavy (non-hydrogen) atoms. The summed E-state index contributed by atoms with van der Waals surface area (Å²) in [5, 5.41) is 11.8. The van der Waals surface area contributed by atoms with E-state index in [1.807, 2.05) is 30.3 Å². The summed E-state index contributed by atoms with van der Waals surface area (Å²) in [7, 11) is 0. The van der Waals surface area contributed by atoms with Crippen molar-refractivity contribution in [2.24, 2.45) is 5.92 Å². The van der Waals surface area contributed by atoms with Gasteiger partial charge in [0.2, 0.25) is 0 Å². The van der Waals surface area contributed by atoms with Crippen LogP contribution in [-0.4, -0.2) is 25.8 Å². The van der Waals surface area contributed by atoms with Crippen molar-refractivity contribution in [1.29, 1.82) is 0 Å². The van der Waals surface area contributed by atoms with Crippen LogP contribution in [0.15, 0.2) is 60.9 Å². The molecule has 3 aromatic rings. The number of carbonyl (C=O) groups excluding carboxylic acids is 1. The Balaban J connectivity index is 1.56. The van der Waals surface area contributed by atoms with E-state index in [1.165, 1.54) is 18.2 Å². The lowest BCUT2D eigenvalue weighted by Crippen LogP contribution is -2.26. The van der Waals surface area contributed by atoms with E-state index < -0.39 is 18.7 Å². The van der Waals surface area contributed by atoms with Gasteiger partial charge in [-0.05, 0) is 42.0 Å². The normalized spacial score (nSPS) is 13.8. The summed E-state index contributed by atoms with van der Waals surface area (Å²) in [6, 6.07) is 13.6. The number of nitrogens with zero attached hydrogens (tertiary/aromatic N) is 1. The monoisotopic (exact) mass is 567 g/mol. The highest BCUT2D eigenvalue weighted by Gasteiger charge is 2.26. The van der Waals surface area contributed by atoms with Crippen LogP contribution in [0.1, 0.15) is 35.6 Å². The maximum atomic E-state index is 13.0. The Bertz CT molecular complexity index is 1220. The smallest absolute Gasteiger partial charge is 0.387 e. The average Bonchev–Trinajstić information content (AvgIpc) is 3.70. The van der Waals surface area contributed by atoms with Gasteiger partial charge in [0.15, 0.2) is 23.9 Å². The van der Waals surface area contributed by atoms with Gasteiger partial charge in [-0.15, -0.1) is 0 Å². The third-order valence-corrected chi connectivity index (χ3v) is 6.43. The third kappa shape index (κ3) is 8.18. The van der Waals surface area contributed by atoms with Crippen molar-refractivity contribution in [3.05, 3.63) is 92.9 Å². The molecule has 0 bridgehead atoms. The zero-order valence-electron chi connectivity index (χ0n) is 20.2. The van der Waals surface area contributed by atoms with Gasteiger partial charge in [-0.3, -0.25) is 0 Å². The summed E-state index contributed by atoms with van der Waals surface area (Å²) in [5.41, 5.74) is 1.69. The number of alkyl halides is 2. The number of aromatic nitrogens is 1. The molecular formula is C27H25Cl2F2NO6. The first kappa shape index (κ1) is 27.9. The maximum absolute atomic E-state index is 13.0. The number of benzene rings is 2. The van der Waals surface area contributed by atoms with E-state index in [9.17, 15) is 18.8 Å². The van der Waals surface area contributed by atoms with Crippen molar-refractivity contribution in [2.75, 3.05) is 13.2 Å². The topological polar surface area (TPSA) is 80.9 Å². The van der Waals surface area contributed by atoms with Crippen LogP contribution in [0.4, 0.5) is 8.78 Å². The Morgan fingerprint density at radius 3 is 2.42 bits per heavy atom. The lowest BCUT2D eigenvalue weighted by atomic mass is 10.0. The van der Waals surface area contributed by atoms with Gasteiger partial charge >= 0.3 is 12.6 Å². The number of rotatable bonds is 13. The van der Waals surface area contributed by atoms with Crippen LogP contribution in [0.3, 0.4) is 0 Å². The Hall–Kier alpha value is -3.14. The zero-order valence-corrected chi connectivity index (χ0v) is 21.7. The Morgan fingerprint density at radius 2 is 1.76 bits per heavy atom. The molecule has 11 heteroatoms. The van der Waals surface area contributed by atoms with Gasteiger partial charge in [-0.1, -0.05) is 59.6 Å². The fourth-order valence-corrected chi connectivity index (χ4v) is 4.28. The molecule has 2 aromatic carbocycles. The molecule has 1 aromatic heterocycles. The molecule has 1 fully saturated rings. The lowest BCUT2D eigenvalue weighted by molar-refractivity contribution is -0.605. The van der Waals surface area contributed by atoms with Crippen LogP contribution < -0.4 is 14.2 Å². The summed E-state index contributed by atoms with van der Waals surface area (Å²) < 4.78 is 48.0. The zero-order chi connectivity index (χ0) is 27.1. The van der Waals surface area contributed by atoms with Gasteiger partial charge in [0.25, 0.3) is 0 Å². The number of carbonyl (C=O) groups is 1. The predicted molar refractivity (Wildman–Crippen MR) is 135 cm³/mol. The van der Waals surface area contributed by atoms with Crippen LogP contribution in [-0.2, 0) is 27.3 Å². The standard InChI is InChI=1S/C27H25Cl2F2NO6/c28-21-12-32(34)13-22(29)20(21)11-24(37-26(33)16-35-14-17-4-2-1-3-5-17)19-8-9-23(38-27(30)31)25(10-19)36-15-18-6-7-18/h1-5,8-10,12-13,18,24,27H,6-7,11,14-16H2. The second-order valence-electron chi connectivity index (χ2n) is 8.79. The quantitative estimate of drug-likeness (QED) is 0.142. The molecule has 1 saturated carbocycles. The predicted octanol–water partition coefficient (Wildman–Crippen LogP) is 6.06. The highest BCUT2D eigenvalue weighted by Crippen LogP contribution is 2.37. The van der Waals surface area contributed by atoms with E-state index in [2.05, 4.69) is 4.74 Å². The van der Waals surface area contributed by atoms with Crippen LogP contribution in [0, 0.1) is 11.1 Å². The van der Waals surface area contributed by atoms with Gasteiger partial charge in [0, 0.05) is 12.0 Å². The fourth-order valence-electron chi connectivity index (χ4n) is 3.68. The maximum Gasteiger partial charge on any atom is 0.387 e.